The number of non-ortho nitro benzene ring substituents is 1. The normalized spacial score (nSPS) is 11.0. The van der Waals surface area contributed by atoms with Gasteiger partial charge in [0.25, 0.3) is 11.6 Å². The second kappa shape index (κ2) is 6.34. The molecule has 0 fully saturated rings. The van der Waals surface area contributed by atoms with Crippen molar-refractivity contribution in [3.8, 4) is 0 Å². The van der Waals surface area contributed by atoms with Gasteiger partial charge in [0.2, 0.25) is 0 Å². The molecule has 114 valence electrons. The van der Waals surface area contributed by atoms with Crippen molar-refractivity contribution in [2.45, 2.75) is 39.2 Å². The van der Waals surface area contributed by atoms with Gasteiger partial charge in [0.1, 0.15) is 0 Å². The lowest BCUT2D eigenvalue weighted by Gasteiger charge is -2.28. The molecule has 0 heterocycles. The van der Waals surface area contributed by atoms with Crippen molar-refractivity contribution in [2.24, 2.45) is 0 Å². The van der Waals surface area contributed by atoms with Crippen LogP contribution >= 0.6 is 0 Å². The van der Waals surface area contributed by atoms with Crippen molar-refractivity contribution in [2.75, 3.05) is 0 Å². The molecule has 2 N–H and O–H groups in total. The van der Waals surface area contributed by atoms with Crippen LogP contribution in [-0.4, -0.2) is 27.4 Å². The molecule has 0 bridgehead atoms. The van der Waals surface area contributed by atoms with Gasteiger partial charge in [0.05, 0.1) is 10.5 Å². The summed E-state index contributed by atoms with van der Waals surface area (Å²) in [5.74, 6) is -1.84. The van der Waals surface area contributed by atoms with Crippen molar-refractivity contribution >= 4 is 17.6 Å². The van der Waals surface area contributed by atoms with E-state index in [1.165, 1.54) is 0 Å². The number of nitrogens with one attached hydrogen (secondary N) is 1. The number of nitrogens with zero attached hydrogens (tertiary/aromatic N) is 1. The fourth-order valence-electron chi connectivity index (χ4n) is 1.74. The summed E-state index contributed by atoms with van der Waals surface area (Å²) < 4.78 is 0. The van der Waals surface area contributed by atoms with Crippen LogP contribution < -0.4 is 5.32 Å². The van der Waals surface area contributed by atoms with E-state index in [4.69, 9.17) is 5.11 Å². The summed E-state index contributed by atoms with van der Waals surface area (Å²) >= 11 is 0. The highest BCUT2D eigenvalue weighted by Gasteiger charge is 2.24. The van der Waals surface area contributed by atoms with Crippen LogP contribution in [0.15, 0.2) is 18.2 Å². The summed E-state index contributed by atoms with van der Waals surface area (Å²) in [6.07, 6.45) is 1.38. The minimum atomic E-state index is -1.32. The van der Waals surface area contributed by atoms with Gasteiger partial charge < -0.3 is 10.4 Å². The summed E-state index contributed by atoms with van der Waals surface area (Å²) in [5.41, 5.74) is -1.18. The molecule has 21 heavy (non-hydrogen) atoms. The summed E-state index contributed by atoms with van der Waals surface area (Å²) in [7, 11) is 0. The molecule has 0 aromatic heterocycles. The Labute approximate surface area is 122 Å². The molecule has 7 heteroatoms. The summed E-state index contributed by atoms with van der Waals surface area (Å²) in [6, 6.07) is 3.14. The zero-order chi connectivity index (χ0) is 16.2. The molecule has 0 aliphatic rings. The third-order valence-electron chi connectivity index (χ3n) is 3.61. The summed E-state index contributed by atoms with van der Waals surface area (Å²) in [5, 5.41) is 22.6. The standard InChI is InChI=1S/C14H18N2O5/c1-4-14(3,5-2)15-12(17)9-6-10(13(18)19)8-11(7-9)16(20)21/h6-8H,4-5H2,1-3H3,(H,15,17)(H,18,19). The average Bonchev–Trinajstić information content (AvgIpc) is 2.46. The van der Waals surface area contributed by atoms with Crippen LogP contribution in [0.3, 0.4) is 0 Å². The van der Waals surface area contributed by atoms with E-state index in [-0.39, 0.29) is 11.1 Å². The molecule has 0 saturated heterocycles. The molecule has 7 nitrogen and oxygen atoms in total. The van der Waals surface area contributed by atoms with Crippen LogP contribution in [0.5, 0.6) is 0 Å². The van der Waals surface area contributed by atoms with E-state index in [9.17, 15) is 19.7 Å². The Balaban J connectivity index is 3.20. The van der Waals surface area contributed by atoms with Gasteiger partial charge in [-0.05, 0) is 25.8 Å². The van der Waals surface area contributed by atoms with Crippen molar-refractivity contribution in [1.82, 2.24) is 5.32 Å². The first-order chi connectivity index (χ1) is 9.72. The van der Waals surface area contributed by atoms with Crippen molar-refractivity contribution < 1.29 is 19.6 Å². The maximum atomic E-state index is 12.2. The Morgan fingerprint density at radius 2 is 1.76 bits per heavy atom. The highest BCUT2D eigenvalue weighted by atomic mass is 16.6. The number of nitro groups is 1. The minimum absolute atomic E-state index is 0.0327. The SMILES string of the molecule is CCC(C)(CC)NC(=O)c1cc(C(=O)O)cc([N+](=O)[O-])c1. The lowest BCUT2D eigenvalue weighted by atomic mass is 9.95. The van der Waals surface area contributed by atoms with E-state index >= 15 is 0 Å². The Hall–Kier alpha value is -2.44. The van der Waals surface area contributed by atoms with Crippen LogP contribution in [-0.2, 0) is 0 Å². The van der Waals surface area contributed by atoms with Crippen LogP contribution in [0.1, 0.15) is 54.3 Å². The predicted molar refractivity (Wildman–Crippen MR) is 76.5 cm³/mol. The maximum Gasteiger partial charge on any atom is 0.335 e. The minimum Gasteiger partial charge on any atom is -0.478 e. The number of carbonyl (C=O) groups excluding carboxylic acids is 1. The quantitative estimate of drug-likeness (QED) is 0.619. The second-order valence-electron chi connectivity index (χ2n) is 5.05. The van der Waals surface area contributed by atoms with E-state index in [2.05, 4.69) is 5.32 Å². The Bertz CT molecular complexity index is 546. The number of carboxylic acids is 1. The van der Waals surface area contributed by atoms with Crippen molar-refractivity contribution in [1.29, 1.82) is 0 Å². The number of aromatic carboxylic acids is 1. The molecular weight excluding hydrogens is 276 g/mol. The van der Waals surface area contributed by atoms with Crippen LogP contribution in [0.4, 0.5) is 5.69 Å². The molecule has 0 saturated carbocycles. The predicted octanol–water partition coefficient (Wildman–Crippen LogP) is 2.60. The first-order valence-corrected chi connectivity index (χ1v) is 6.57. The molecular formula is C14H18N2O5. The smallest absolute Gasteiger partial charge is 0.335 e. The van der Waals surface area contributed by atoms with E-state index in [1.807, 2.05) is 20.8 Å². The number of hydrogen-bond donors (Lipinski definition) is 2. The lowest BCUT2D eigenvalue weighted by Crippen LogP contribution is -2.45. The lowest BCUT2D eigenvalue weighted by molar-refractivity contribution is -0.384. The fourth-order valence-corrected chi connectivity index (χ4v) is 1.74. The number of carboxylic acid groups (broad SMARTS) is 1. The van der Waals surface area contributed by atoms with Gasteiger partial charge in [0, 0.05) is 23.2 Å². The zero-order valence-electron chi connectivity index (χ0n) is 12.2. The first-order valence-electron chi connectivity index (χ1n) is 6.57. The third kappa shape index (κ3) is 4.01. The second-order valence-corrected chi connectivity index (χ2v) is 5.05. The van der Waals surface area contributed by atoms with Crippen LogP contribution in [0, 0.1) is 10.1 Å². The number of hydrogen-bond acceptors (Lipinski definition) is 4. The Kier molecular flexibility index (Phi) is 5.02. The maximum absolute atomic E-state index is 12.2. The molecule has 0 aliphatic carbocycles. The molecule has 1 aromatic rings. The molecule has 1 amide bonds. The van der Waals surface area contributed by atoms with Gasteiger partial charge in [-0.3, -0.25) is 14.9 Å². The van der Waals surface area contributed by atoms with Crippen LogP contribution in [0.25, 0.3) is 0 Å². The van der Waals surface area contributed by atoms with Gasteiger partial charge in [0.15, 0.2) is 0 Å². The summed E-state index contributed by atoms with van der Waals surface area (Å²) in [4.78, 5) is 33.3. The number of amides is 1. The molecule has 1 aromatic carbocycles. The van der Waals surface area contributed by atoms with Gasteiger partial charge in [-0.25, -0.2) is 4.79 Å². The topological polar surface area (TPSA) is 110 Å². The third-order valence-corrected chi connectivity index (χ3v) is 3.61. The molecule has 0 atom stereocenters. The number of nitro benzene ring substituents is 1. The van der Waals surface area contributed by atoms with E-state index in [0.717, 1.165) is 18.2 Å². The molecule has 0 aliphatic heterocycles. The first kappa shape index (κ1) is 16.6. The van der Waals surface area contributed by atoms with E-state index in [1.54, 1.807) is 0 Å². The highest BCUT2D eigenvalue weighted by Crippen LogP contribution is 2.20. The van der Waals surface area contributed by atoms with Gasteiger partial charge in [-0.15, -0.1) is 0 Å². The highest BCUT2D eigenvalue weighted by molar-refractivity contribution is 5.98. The zero-order valence-corrected chi connectivity index (χ0v) is 12.2. The van der Waals surface area contributed by atoms with E-state index < -0.39 is 28.0 Å². The van der Waals surface area contributed by atoms with Crippen molar-refractivity contribution in [3.05, 3.63) is 39.4 Å². The van der Waals surface area contributed by atoms with Gasteiger partial charge in [-0.1, -0.05) is 13.8 Å². The van der Waals surface area contributed by atoms with Crippen molar-refractivity contribution in [3.63, 3.8) is 0 Å². The number of rotatable bonds is 6. The molecule has 0 radical (unpaired) electrons. The fraction of sp³-hybridized carbons (Fsp3) is 0.429. The molecule has 0 unspecified atom stereocenters. The molecule has 0 spiro atoms. The van der Waals surface area contributed by atoms with Gasteiger partial charge >= 0.3 is 5.97 Å². The summed E-state index contributed by atoms with van der Waals surface area (Å²) in [6.45, 7) is 5.69. The largest absolute Gasteiger partial charge is 0.478 e. The number of benzene rings is 1. The van der Waals surface area contributed by atoms with Gasteiger partial charge in [-0.2, -0.15) is 0 Å². The Morgan fingerprint density at radius 3 is 2.19 bits per heavy atom. The Morgan fingerprint density at radius 1 is 1.24 bits per heavy atom. The average molecular weight is 294 g/mol. The number of carbonyl (C=O) groups is 2. The van der Waals surface area contributed by atoms with E-state index in [0.29, 0.717) is 12.8 Å². The molecule has 1 rings (SSSR count). The van der Waals surface area contributed by atoms with Crippen LogP contribution in [0.2, 0.25) is 0 Å². The monoisotopic (exact) mass is 294 g/mol.